The van der Waals surface area contributed by atoms with Gasteiger partial charge in [-0.3, -0.25) is 14.4 Å². The Morgan fingerprint density at radius 2 is 1.87 bits per heavy atom. The first kappa shape index (κ1) is 26.8. The summed E-state index contributed by atoms with van der Waals surface area (Å²) in [5.41, 5.74) is 4.21. The van der Waals surface area contributed by atoms with Crippen LogP contribution in [0.5, 0.6) is 5.75 Å². The van der Waals surface area contributed by atoms with Crippen LogP contribution in [-0.2, 0) is 11.3 Å². The average Bonchev–Trinajstić information content (AvgIpc) is 3.24. The van der Waals surface area contributed by atoms with E-state index in [-0.39, 0.29) is 12.3 Å². The summed E-state index contributed by atoms with van der Waals surface area (Å²) < 4.78 is 7.48. The van der Waals surface area contributed by atoms with Gasteiger partial charge in [0.2, 0.25) is 14.2 Å². The van der Waals surface area contributed by atoms with Gasteiger partial charge < -0.3 is 14.8 Å². The smallest absolute Gasteiger partial charge is 0.222 e. The second-order valence-electron chi connectivity index (χ2n) is 10.1. The van der Waals surface area contributed by atoms with E-state index in [1.54, 1.807) is 7.11 Å². The highest BCUT2D eigenvalue weighted by molar-refractivity contribution is 6.83. The third kappa shape index (κ3) is 5.66. The Kier molecular flexibility index (Phi) is 7.39. The molecule has 1 amide bonds. The molecule has 1 aromatic heterocycles. The molecular formula is C29H30ClN5O3Si. The average molecular weight is 560 g/mol. The molecule has 0 aliphatic carbocycles. The van der Waals surface area contributed by atoms with E-state index in [1.165, 1.54) is 0 Å². The number of carbonyl (C=O) groups is 1. The first-order valence-corrected chi connectivity index (χ1v) is 16.0. The van der Waals surface area contributed by atoms with Crippen LogP contribution in [-0.4, -0.2) is 46.6 Å². The summed E-state index contributed by atoms with van der Waals surface area (Å²) in [6.45, 7) is 5.98. The Hall–Kier alpha value is -3.79. The highest BCUT2D eigenvalue weighted by Crippen LogP contribution is 2.34. The molecule has 8 nitrogen and oxygen atoms in total. The summed E-state index contributed by atoms with van der Waals surface area (Å²) in [6.07, 6.45) is 0.0836. The fourth-order valence-corrected chi connectivity index (χ4v) is 5.86. The summed E-state index contributed by atoms with van der Waals surface area (Å²) in [6, 6.07) is 20.4. The van der Waals surface area contributed by atoms with Gasteiger partial charge in [-0.05, 0) is 61.1 Å². The molecule has 0 unspecified atom stereocenters. The maximum Gasteiger partial charge on any atom is 0.222 e. The Labute approximate surface area is 233 Å². The third-order valence-corrected chi connectivity index (χ3v) is 8.73. The monoisotopic (exact) mass is 559 g/mol. The molecule has 2 heterocycles. The molecule has 1 aliphatic rings. The number of fused-ring (bicyclic) bond motifs is 3. The van der Waals surface area contributed by atoms with Gasteiger partial charge in [-0.1, -0.05) is 48.0 Å². The van der Waals surface area contributed by atoms with Crippen molar-refractivity contribution >= 4 is 36.7 Å². The van der Waals surface area contributed by atoms with Crippen LogP contribution in [0.15, 0.2) is 71.7 Å². The number of aryl methyl sites for hydroxylation is 1. The lowest BCUT2D eigenvalue weighted by atomic mass is 10.00. The summed E-state index contributed by atoms with van der Waals surface area (Å²) in [5.74, 6) is 1.81. The zero-order valence-electron chi connectivity index (χ0n) is 22.3. The van der Waals surface area contributed by atoms with E-state index in [2.05, 4.69) is 15.5 Å². The number of ether oxygens (including phenoxy) is 1. The summed E-state index contributed by atoms with van der Waals surface area (Å²) in [5, 5.41) is 13.3. The lowest BCUT2D eigenvalue weighted by Gasteiger charge is -2.16. The van der Waals surface area contributed by atoms with Crippen molar-refractivity contribution < 1.29 is 14.3 Å². The standard InChI is InChI=1S/C29H30ClN5O3Si/c1-18-33-34-29-25(16-27(36)31-17-19-6-5-7-23(14-19)39(3,4)37)32-28(20-8-10-21(30)11-9-20)24-15-22(38-2)12-13-26(24)35(18)29/h5-15,25,37H,16-17H2,1-4H3,(H,31,36)/t25-/m0/s1. The molecule has 0 radical (unpaired) electrons. The fourth-order valence-electron chi connectivity index (χ4n) is 4.69. The number of aromatic nitrogens is 3. The van der Waals surface area contributed by atoms with Crippen LogP contribution >= 0.6 is 11.6 Å². The molecule has 1 aliphatic heterocycles. The maximum absolute atomic E-state index is 13.2. The van der Waals surface area contributed by atoms with Crippen LogP contribution < -0.4 is 15.2 Å². The second kappa shape index (κ2) is 10.8. The van der Waals surface area contributed by atoms with E-state index < -0.39 is 14.4 Å². The molecule has 0 saturated carbocycles. The maximum atomic E-state index is 13.2. The van der Waals surface area contributed by atoms with Crippen molar-refractivity contribution in [3.63, 3.8) is 0 Å². The van der Waals surface area contributed by atoms with E-state index in [0.717, 1.165) is 27.6 Å². The van der Waals surface area contributed by atoms with Gasteiger partial charge in [0, 0.05) is 22.7 Å². The van der Waals surface area contributed by atoms with Crippen molar-refractivity contribution in [2.75, 3.05) is 7.11 Å². The van der Waals surface area contributed by atoms with E-state index in [0.29, 0.717) is 34.7 Å². The zero-order valence-corrected chi connectivity index (χ0v) is 24.0. The molecule has 0 bridgehead atoms. The van der Waals surface area contributed by atoms with Gasteiger partial charge >= 0.3 is 0 Å². The minimum absolute atomic E-state index is 0.0836. The number of hydrogen-bond acceptors (Lipinski definition) is 6. The van der Waals surface area contributed by atoms with Crippen molar-refractivity contribution in [2.45, 2.75) is 39.0 Å². The molecule has 2 N–H and O–H groups in total. The molecule has 39 heavy (non-hydrogen) atoms. The van der Waals surface area contributed by atoms with E-state index >= 15 is 0 Å². The van der Waals surface area contributed by atoms with Crippen molar-refractivity contribution in [3.05, 3.63) is 100 Å². The summed E-state index contributed by atoms with van der Waals surface area (Å²) in [7, 11) is -0.822. The van der Waals surface area contributed by atoms with Gasteiger partial charge in [-0.2, -0.15) is 0 Å². The molecule has 200 valence electrons. The molecule has 10 heteroatoms. The number of methoxy groups -OCH3 is 1. The van der Waals surface area contributed by atoms with E-state index in [1.807, 2.05) is 91.3 Å². The lowest BCUT2D eigenvalue weighted by Crippen LogP contribution is -2.41. The number of rotatable bonds is 7. The number of amides is 1. The normalized spacial score (nSPS) is 14.6. The minimum atomic E-state index is -2.45. The van der Waals surface area contributed by atoms with Crippen molar-refractivity contribution in [2.24, 2.45) is 4.99 Å². The SMILES string of the molecule is COc1ccc2c(c1)C(c1ccc(Cl)cc1)=N[C@@H](CC(=O)NCc1cccc([Si](C)(C)O)c1)c1nnc(C)n1-2. The number of nitrogens with zero attached hydrogens (tertiary/aromatic N) is 4. The zero-order chi connectivity index (χ0) is 27.7. The summed E-state index contributed by atoms with van der Waals surface area (Å²) in [4.78, 5) is 28.8. The van der Waals surface area contributed by atoms with Gasteiger partial charge in [0.15, 0.2) is 5.82 Å². The van der Waals surface area contributed by atoms with Gasteiger partial charge in [0.25, 0.3) is 0 Å². The van der Waals surface area contributed by atoms with E-state index in [4.69, 9.17) is 21.3 Å². The molecule has 3 aromatic carbocycles. The second-order valence-corrected chi connectivity index (χ2v) is 14.2. The Bertz CT molecular complexity index is 1560. The van der Waals surface area contributed by atoms with Gasteiger partial charge in [-0.25, -0.2) is 0 Å². The molecule has 1 atom stereocenters. The lowest BCUT2D eigenvalue weighted by molar-refractivity contribution is -0.121. The molecule has 0 saturated heterocycles. The van der Waals surface area contributed by atoms with Gasteiger partial charge in [-0.15, -0.1) is 10.2 Å². The number of aliphatic imine (C=N–C) groups is 1. The first-order valence-electron chi connectivity index (χ1n) is 12.7. The predicted molar refractivity (Wildman–Crippen MR) is 155 cm³/mol. The van der Waals surface area contributed by atoms with Crippen LogP contribution in [0.4, 0.5) is 0 Å². The van der Waals surface area contributed by atoms with Crippen LogP contribution in [0, 0.1) is 6.92 Å². The third-order valence-electron chi connectivity index (χ3n) is 6.75. The Morgan fingerprint density at radius 3 is 2.59 bits per heavy atom. The van der Waals surface area contributed by atoms with Crippen molar-refractivity contribution in [1.29, 1.82) is 0 Å². The Morgan fingerprint density at radius 1 is 1.10 bits per heavy atom. The number of nitrogens with one attached hydrogen (secondary N) is 1. The number of hydrogen-bond donors (Lipinski definition) is 2. The molecule has 5 rings (SSSR count). The number of benzene rings is 3. The molecular weight excluding hydrogens is 530 g/mol. The molecule has 0 spiro atoms. The van der Waals surface area contributed by atoms with Crippen LogP contribution in [0.1, 0.15) is 40.8 Å². The fraction of sp³-hybridized carbons (Fsp3) is 0.241. The first-order chi connectivity index (χ1) is 18.6. The summed E-state index contributed by atoms with van der Waals surface area (Å²) >= 11 is 6.18. The Balaban J connectivity index is 1.50. The minimum Gasteiger partial charge on any atom is -0.497 e. The van der Waals surface area contributed by atoms with E-state index in [9.17, 15) is 9.59 Å². The quantitative estimate of drug-likeness (QED) is 0.330. The van der Waals surface area contributed by atoms with Crippen LogP contribution in [0.3, 0.4) is 0 Å². The van der Waals surface area contributed by atoms with Crippen molar-refractivity contribution in [1.82, 2.24) is 20.1 Å². The van der Waals surface area contributed by atoms with Gasteiger partial charge in [0.05, 0.1) is 24.9 Å². The molecule has 0 fully saturated rings. The van der Waals surface area contributed by atoms with Gasteiger partial charge in [0.1, 0.15) is 17.6 Å². The highest BCUT2D eigenvalue weighted by Gasteiger charge is 2.30. The van der Waals surface area contributed by atoms with Crippen molar-refractivity contribution in [3.8, 4) is 11.4 Å². The predicted octanol–water partition coefficient (Wildman–Crippen LogP) is 4.24. The number of halogens is 1. The number of carbonyl (C=O) groups excluding carboxylic acids is 1. The highest BCUT2D eigenvalue weighted by atomic mass is 35.5. The molecule has 4 aromatic rings. The largest absolute Gasteiger partial charge is 0.497 e. The topological polar surface area (TPSA) is 102 Å². The van der Waals surface area contributed by atoms with Crippen LogP contribution in [0.2, 0.25) is 18.1 Å². The van der Waals surface area contributed by atoms with Crippen LogP contribution in [0.25, 0.3) is 5.69 Å².